The summed E-state index contributed by atoms with van der Waals surface area (Å²) >= 11 is 0. The zero-order chi connectivity index (χ0) is 17.6. The van der Waals surface area contributed by atoms with Crippen molar-refractivity contribution in [3.63, 3.8) is 0 Å². The predicted molar refractivity (Wildman–Crippen MR) is 97.0 cm³/mol. The number of carbonyl (C=O) groups excluding carboxylic acids is 1. The first-order valence-electron chi connectivity index (χ1n) is 7.77. The second kappa shape index (κ2) is 7.44. The number of ether oxygens (including phenoxy) is 1. The molecule has 1 heterocycles. The Morgan fingerprint density at radius 1 is 1.16 bits per heavy atom. The fraction of sp³-hybridized carbons (Fsp3) is 0.105. The second-order valence-electron chi connectivity index (χ2n) is 5.34. The van der Waals surface area contributed by atoms with Crippen LogP contribution in [0.15, 0.2) is 65.9 Å². The molecular weight excluding hydrogens is 316 g/mol. The average Bonchev–Trinajstić information content (AvgIpc) is 3.06. The number of nitrogens with zero attached hydrogens (tertiary/aromatic N) is 3. The first kappa shape index (κ1) is 16.4. The van der Waals surface area contributed by atoms with Crippen molar-refractivity contribution in [2.75, 3.05) is 7.11 Å². The highest BCUT2D eigenvalue weighted by molar-refractivity contribution is 5.90. The van der Waals surface area contributed by atoms with E-state index in [1.807, 2.05) is 60.8 Å². The SMILES string of the molecule is COc1ccccc1-c1nn(-c2ccccc2)cc1/C=N\NC(C)=O. The molecule has 0 saturated carbocycles. The highest BCUT2D eigenvalue weighted by Crippen LogP contribution is 2.31. The molecule has 0 aliphatic heterocycles. The van der Waals surface area contributed by atoms with Crippen molar-refractivity contribution in [1.29, 1.82) is 0 Å². The maximum Gasteiger partial charge on any atom is 0.236 e. The fourth-order valence-electron chi connectivity index (χ4n) is 2.44. The molecule has 3 rings (SSSR count). The molecule has 0 radical (unpaired) electrons. The van der Waals surface area contributed by atoms with Crippen LogP contribution in [0.1, 0.15) is 12.5 Å². The summed E-state index contributed by atoms with van der Waals surface area (Å²) in [6, 6.07) is 17.4. The quantitative estimate of drug-likeness (QED) is 0.576. The number of carbonyl (C=O) groups is 1. The number of aromatic nitrogens is 2. The van der Waals surface area contributed by atoms with Crippen LogP contribution in [0.2, 0.25) is 0 Å². The van der Waals surface area contributed by atoms with Crippen molar-refractivity contribution in [3.8, 4) is 22.7 Å². The van der Waals surface area contributed by atoms with Crippen LogP contribution in [0.25, 0.3) is 16.9 Å². The van der Waals surface area contributed by atoms with Crippen molar-refractivity contribution in [1.82, 2.24) is 15.2 Å². The number of hydrogen-bond acceptors (Lipinski definition) is 4. The van der Waals surface area contributed by atoms with E-state index in [0.29, 0.717) is 0 Å². The maximum absolute atomic E-state index is 11.1. The molecule has 0 fully saturated rings. The summed E-state index contributed by atoms with van der Waals surface area (Å²) in [6.45, 7) is 1.41. The maximum atomic E-state index is 11.1. The zero-order valence-electron chi connectivity index (χ0n) is 14.0. The summed E-state index contributed by atoms with van der Waals surface area (Å²) in [7, 11) is 1.62. The van der Waals surface area contributed by atoms with Crippen LogP contribution in [0.3, 0.4) is 0 Å². The van der Waals surface area contributed by atoms with Gasteiger partial charge in [0, 0.05) is 24.2 Å². The minimum absolute atomic E-state index is 0.231. The van der Waals surface area contributed by atoms with E-state index < -0.39 is 0 Å². The molecule has 126 valence electrons. The van der Waals surface area contributed by atoms with E-state index in [9.17, 15) is 4.79 Å². The lowest BCUT2D eigenvalue weighted by Gasteiger charge is -2.06. The van der Waals surface area contributed by atoms with Gasteiger partial charge in [0.2, 0.25) is 5.91 Å². The first-order chi connectivity index (χ1) is 12.2. The molecule has 0 saturated heterocycles. The lowest BCUT2D eigenvalue weighted by molar-refractivity contribution is -0.118. The Bertz CT molecular complexity index is 901. The minimum Gasteiger partial charge on any atom is -0.496 e. The third-order valence-electron chi connectivity index (χ3n) is 3.55. The van der Waals surface area contributed by atoms with Gasteiger partial charge in [-0.25, -0.2) is 10.1 Å². The summed E-state index contributed by atoms with van der Waals surface area (Å²) in [5.74, 6) is 0.487. The lowest BCUT2D eigenvalue weighted by atomic mass is 10.1. The molecule has 1 amide bonds. The molecular formula is C19H18N4O2. The zero-order valence-corrected chi connectivity index (χ0v) is 14.0. The van der Waals surface area contributed by atoms with Gasteiger partial charge in [0.15, 0.2) is 0 Å². The monoisotopic (exact) mass is 334 g/mol. The number of para-hydroxylation sites is 2. The van der Waals surface area contributed by atoms with Crippen LogP contribution in [0.5, 0.6) is 5.75 Å². The summed E-state index contributed by atoms with van der Waals surface area (Å²) in [4.78, 5) is 11.1. The van der Waals surface area contributed by atoms with Crippen LogP contribution in [0.4, 0.5) is 0 Å². The van der Waals surface area contributed by atoms with Crippen LogP contribution < -0.4 is 10.2 Å². The van der Waals surface area contributed by atoms with E-state index in [1.54, 1.807) is 18.0 Å². The van der Waals surface area contributed by atoms with Crippen LogP contribution in [-0.2, 0) is 4.79 Å². The Hall–Kier alpha value is -3.41. The molecule has 2 aromatic carbocycles. The number of nitrogens with one attached hydrogen (secondary N) is 1. The Morgan fingerprint density at radius 2 is 1.88 bits per heavy atom. The molecule has 0 atom stereocenters. The molecule has 0 aliphatic rings. The Kier molecular flexibility index (Phi) is 4.89. The summed E-state index contributed by atoms with van der Waals surface area (Å²) in [5.41, 5.74) is 5.68. The van der Waals surface area contributed by atoms with Crippen LogP contribution >= 0.6 is 0 Å². The van der Waals surface area contributed by atoms with Gasteiger partial charge in [-0.15, -0.1) is 0 Å². The molecule has 25 heavy (non-hydrogen) atoms. The molecule has 0 unspecified atom stereocenters. The Morgan fingerprint density at radius 3 is 2.60 bits per heavy atom. The number of amides is 1. The number of hydrogen-bond donors (Lipinski definition) is 1. The highest BCUT2D eigenvalue weighted by atomic mass is 16.5. The van der Waals surface area contributed by atoms with E-state index >= 15 is 0 Å². The fourth-order valence-corrected chi connectivity index (χ4v) is 2.44. The molecule has 0 aliphatic carbocycles. The predicted octanol–water partition coefficient (Wildman–Crippen LogP) is 3.02. The van der Waals surface area contributed by atoms with Gasteiger partial charge < -0.3 is 4.74 Å². The lowest BCUT2D eigenvalue weighted by Crippen LogP contribution is -2.12. The summed E-state index contributed by atoms with van der Waals surface area (Å²) in [6.07, 6.45) is 3.44. The first-order valence-corrected chi connectivity index (χ1v) is 7.77. The van der Waals surface area contributed by atoms with Crippen molar-refractivity contribution in [3.05, 3.63) is 66.4 Å². The van der Waals surface area contributed by atoms with Gasteiger partial charge in [0.1, 0.15) is 11.4 Å². The smallest absolute Gasteiger partial charge is 0.236 e. The molecule has 6 nitrogen and oxygen atoms in total. The van der Waals surface area contributed by atoms with Gasteiger partial charge in [-0.1, -0.05) is 30.3 Å². The van der Waals surface area contributed by atoms with Crippen LogP contribution in [-0.4, -0.2) is 29.0 Å². The van der Waals surface area contributed by atoms with E-state index in [2.05, 4.69) is 15.6 Å². The normalized spacial score (nSPS) is 10.8. The number of methoxy groups -OCH3 is 1. The molecule has 0 spiro atoms. The molecule has 0 bridgehead atoms. The molecule has 3 aromatic rings. The number of benzene rings is 2. The largest absolute Gasteiger partial charge is 0.496 e. The second-order valence-corrected chi connectivity index (χ2v) is 5.34. The average molecular weight is 334 g/mol. The molecule has 1 aromatic heterocycles. The van der Waals surface area contributed by atoms with Crippen molar-refractivity contribution in [2.45, 2.75) is 6.92 Å². The van der Waals surface area contributed by atoms with E-state index in [0.717, 1.165) is 28.3 Å². The minimum atomic E-state index is -0.231. The highest BCUT2D eigenvalue weighted by Gasteiger charge is 2.14. The number of rotatable bonds is 5. The summed E-state index contributed by atoms with van der Waals surface area (Å²) < 4.78 is 7.22. The molecule has 6 heteroatoms. The Balaban J connectivity index is 2.10. The van der Waals surface area contributed by atoms with Gasteiger partial charge in [0.25, 0.3) is 0 Å². The van der Waals surface area contributed by atoms with Gasteiger partial charge in [0.05, 0.1) is 19.0 Å². The Labute approximate surface area is 145 Å². The van der Waals surface area contributed by atoms with Gasteiger partial charge in [-0.3, -0.25) is 4.79 Å². The van der Waals surface area contributed by atoms with Crippen molar-refractivity contribution in [2.24, 2.45) is 5.10 Å². The van der Waals surface area contributed by atoms with E-state index in [-0.39, 0.29) is 5.91 Å². The standard InChI is InChI=1S/C19H18N4O2/c1-14(24)21-20-12-15-13-23(16-8-4-3-5-9-16)22-19(15)17-10-6-7-11-18(17)25-2/h3-13H,1-2H3,(H,21,24)/b20-12-. The van der Waals surface area contributed by atoms with E-state index in [1.165, 1.54) is 6.92 Å². The van der Waals surface area contributed by atoms with Gasteiger partial charge >= 0.3 is 0 Å². The van der Waals surface area contributed by atoms with Gasteiger partial charge in [-0.2, -0.15) is 10.2 Å². The van der Waals surface area contributed by atoms with E-state index in [4.69, 9.17) is 4.74 Å². The van der Waals surface area contributed by atoms with Crippen molar-refractivity contribution >= 4 is 12.1 Å². The number of hydrazone groups is 1. The summed E-state index contributed by atoms with van der Waals surface area (Å²) in [5, 5.41) is 8.66. The topological polar surface area (TPSA) is 68.5 Å². The van der Waals surface area contributed by atoms with Crippen LogP contribution in [0, 0.1) is 0 Å². The van der Waals surface area contributed by atoms with Gasteiger partial charge in [-0.05, 0) is 24.3 Å². The third kappa shape index (κ3) is 3.74. The molecule has 1 N–H and O–H groups in total. The van der Waals surface area contributed by atoms with Crippen molar-refractivity contribution < 1.29 is 9.53 Å². The third-order valence-corrected chi connectivity index (χ3v) is 3.55.